The summed E-state index contributed by atoms with van der Waals surface area (Å²) in [5.41, 5.74) is -3.32. The molecule has 7 N–H and O–H groups in total. The number of Topliss-reactive ketones (excluding diaryl/α,β-unsaturated/α-hetero) is 2. The van der Waals surface area contributed by atoms with Crippen LogP contribution in [0.15, 0.2) is 15.8 Å². The van der Waals surface area contributed by atoms with Gasteiger partial charge in [-0.15, -0.1) is 0 Å². The average Bonchev–Trinajstić information content (AvgIpc) is 3.67. The van der Waals surface area contributed by atoms with Crippen molar-refractivity contribution in [2.24, 2.45) is 0 Å². The highest BCUT2D eigenvalue weighted by molar-refractivity contribution is 7.60. The Bertz CT molecular complexity index is 1520. The number of hydrogen-bond donors (Lipinski definition) is 7. The third-order valence-corrected chi connectivity index (χ3v) is 12.8. The lowest BCUT2D eigenvalue weighted by Gasteiger charge is -2.29. The summed E-state index contributed by atoms with van der Waals surface area (Å²) >= 11 is 0. The number of unbranched alkanes of at least 4 members (excludes halogenated alkanes) is 20. The summed E-state index contributed by atoms with van der Waals surface area (Å²) < 4.78 is 36.7. The van der Waals surface area contributed by atoms with Crippen LogP contribution in [0.25, 0.3) is 0 Å². The Morgan fingerprint density at radius 1 is 0.783 bits per heavy atom. The molecule has 1 fully saturated rings. The summed E-state index contributed by atoms with van der Waals surface area (Å²) in [6, 6.07) is 0. The number of carbonyl (C=O) groups is 2. The van der Waals surface area contributed by atoms with Crippen LogP contribution < -0.4 is 11.2 Å². The van der Waals surface area contributed by atoms with E-state index in [1.807, 2.05) is 0 Å². The van der Waals surface area contributed by atoms with Crippen LogP contribution >= 0.6 is 15.6 Å². The topological polar surface area (TPSA) is 272 Å². The number of aryl methyl sites for hydroxylation is 1. The third-order valence-electron chi connectivity index (χ3n) is 10.7. The predicted octanol–water partition coefficient (Wildman–Crippen LogP) is 7.36. The lowest BCUT2D eigenvalue weighted by Crippen LogP contribution is -2.57. The molecule has 1 saturated heterocycles. The highest BCUT2D eigenvalue weighted by Crippen LogP contribution is 2.57. The Labute approximate surface area is 355 Å². The zero-order chi connectivity index (χ0) is 45.0. The second-order valence-electron chi connectivity index (χ2n) is 16.0. The minimum absolute atomic E-state index is 0.0641. The summed E-state index contributed by atoms with van der Waals surface area (Å²) in [6.07, 6.45) is 24.4. The number of aliphatic hydroxyl groups excluding tert-OH is 2. The van der Waals surface area contributed by atoms with E-state index in [0.717, 1.165) is 38.5 Å². The standard InChI is InChI=1S/C31H60O5.C10H16N2O10P2/c1-3-5-7-9-11-13-15-17-19-21-23-25-28(33)31(36,30(35)27-32)29(34)26-24-22-20-18-16-14-12-10-8-6-4-2;1-6-4-12(10(14)11-9(6)13)8-3-2-7(21-8)5-20-24(18,19)22-23(15,16)17/h30,32,35-36H,3-27H2,1-2H3;4,7-8H,2-3,5H2,1H3,(H,18,19)(H,11,13,14)(H2,15,16,17)/t;7-,8+/m.0/s1. The molecule has 19 heteroatoms. The molecule has 1 aliphatic rings. The molecule has 2 heterocycles. The molecule has 0 amide bonds. The molecular weight excluding hydrogens is 822 g/mol. The molecule has 1 aliphatic heterocycles. The van der Waals surface area contributed by atoms with Gasteiger partial charge >= 0.3 is 21.3 Å². The molecular formula is C41H76N2O15P2. The number of aromatic amines is 1. The van der Waals surface area contributed by atoms with E-state index >= 15 is 0 Å². The summed E-state index contributed by atoms with van der Waals surface area (Å²) in [6.45, 7) is 4.70. The Kier molecular flexibility index (Phi) is 29.0. The van der Waals surface area contributed by atoms with Crippen molar-refractivity contribution in [2.45, 2.75) is 212 Å². The van der Waals surface area contributed by atoms with Gasteiger partial charge in [0.15, 0.2) is 11.6 Å². The van der Waals surface area contributed by atoms with Crippen LogP contribution in [0.4, 0.5) is 0 Å². The maximum Gasteiger partial charge on any atom is 0.481 e. The first-order valence-corrected chi connectivity index (χ1v) is 25.2. The van der Waals surface area contributed by atoms with Crippen molar-refractivity contribution in [3.8, 4) is 0 Å². The van der Waals surface area contributed by atoms with Crippen LogP contribution in [0.5, 0.6) is 0 Å². The van der Waals surface area contributed by atoms with Crippen LogP contribution in [0.3, 0.4) is 0 Å². The molecule has 0 saturated carbocycles. The van der Waals surface area contributed by atoms with E-state index in [2.05, 4.69) is 27.7 Å². The van der Waals surface area contributed by atoms with E-state index < -0.39 is 75.7 Å². The van der Waals surface area contributed by atoms with Crippen molar-refractivity contribution in [3.63, 3.8) is 0 Å². The average molecular weight is 899 g/mol. The molecule has 4 atom stereocenters. The first-order valence-electron chi connectivity index (χ1n) is 22.2. The van der Waals surface area contributed by atoms with Crippen molar-refractivity contribution in [3.05, 3.63) is 32.6 Å². The molecule has 1 aromatic heterocycles. The minimum atomic E-state index is -5.18. The Morgan fingerprint density at radius 3 is 1.60 bits per heavy atom. The van der Waals surface area contributed by atoms with Crippen LogP contribution in [-0.2, 0) is 32.3 Å². The molecule has 1 aromatic rings. The Hall–Kier alpha value is -1.88. The normalized spacial score (nSPS) is 17.2. The number of phosphoric acid groups is 2. The van der Waals surface area contributed by atoms with E-state index in [1.54, 1.807) is 0 Å². The summed E-state index contributed by atoms with van der Waals surface area (Å²) in [5.74, 6) is -1.29. The zero-order valence-corrected chi connectivity index (χ0v) is 38.1. The van der Waals surface area contributed by atoms with Gasteiger partial charge in [-0.2, -0.15) is 4.31 Å². The molecule has 0 aromatic carbocycles. The SMILES string of the molecule is CCCCCCCCCCCCCC(=O)C(O)(C(=O)CCCCCCCCCCCCC)C(O)CO.Cc1cn([C@H]2CC[C@@H](COP(=O)(O)OP(=O)(O)O)O2)c(=O)[nH]c1=O. The van der Waals surface area contributed by atoms with Gasteiger partial charge in [-0.05, 0) is 32.6 Å². The van der Waals surface area contributed by atoms with Gasteiger partial charge in [0.2, 0.25) is 5.60 Å². The van der Waals surface area contributed by atoms with E-state index in [-0.39, 0.29) is 12.8 Å². The highest BCUT2D eigenvalue weighted by Gasteiger charge is 2.48. The van der Waals surface area contributed by atoms with Crippen molar-refractivity contribution in [2.75, 3.05) is 13.2 Å². The maximum atomic E-state index is 12.7. The minimum Gasteiger partial charge on any atom is -0.394 e. The zero-order valence-electron chi connectivity index (χ0n) is 36.3. The van der Waals surface area contributed by atoms with Crippen molar-refractivity contribution in [1.82, 2.24) is 9.55 Å². The molecule has 0 spiro atoms. The quantitative estimate of drug-likeness (QED) is 0.0202. The lowest BCUT2D eigenvalue weighted by atomic mass is 9.82. The number of aliphatic hydroxyl groups is 3. The number of ether oxygens (including phenoxy) is 1. The molecule has 0 bridgehead atoms. The summed E-state index contributed by atoms with van der Waals surface area (Å²) in [5, 5.41) is 30.3. The fourth-order valence-electron chi connectivity index (χ4n) is 7.09. The van der Waals surface area contributed by atoms with E-state index in [1.165, 1.54) is 108 Å². The van der Waals surface area contributed by atoms with Gasteiger partial charge in [-0.25, -0.2) is 13.9 Å². The van der Waals surface area contributed by atoms with E-state index in [0.29, 0.717) is 31.2 Å². The van der Waals surface area contributed by atoms with E-state index in [4.69, 9.17) is 14.5 Å². The van der Waals surface area contributed by atoms with Gasteiger partial charge in [-0.1, -0.05) is 142 Å². The molecule has 0 radical (unpaired) electrons. The maximum absolute atomic E-state index is 12.7. The fraction of sp³-hybridized carbons (Fsp3) is 0.854. The summed E-state index contributed by atoms with van der Waals surface area (Å²) in [7, 11) is -10.1. The number of nitrogens with zero attached hydrogens (tertiary/aromatic N) is 1. The molecule has 2 rings (SSSR count). The summed E-state index contributed by atoms with van der Waals surface area (Å²) in [4.78, 5) is 76.8. The third kappa shape index (κ3) is 23.5. The van der Waals surface area contributed by atoms with Crippen LogP contribution in [0.1, 0.15) is 193 Å². The van der Waals surface area contributed by atoms with Crippen LogP contribution in [0.2, 0.25) is 0 Å². The van der Waals surface area contributed by atoms with Crippen LogP contribution in [-0.4, -0.2) is 82.1 Å². The van der Waals surface area contributed by atoms with Crippen molar-refractivity contribution >= 4 is 27.2 Å². The smallest absolute Gasteiger partial charge is 0.394 e. The number of nitrogens with one attached hydrogen (secondary N) is 1. The Balaban J connectivity index is 0.000000646. The number of hydrogen-bond acceptors (Lipinski definition) is 12. The molecule has 2 unspecified atom stereocenters. The molecule has 0 aliphatic carbocycles. The number of H-pyrrole nitrogens is 1. The number of carbonyl (C=O) groups excluding carboxylic acids is 2. The van der Waals surface area contributed by atoms with Crippen LogP contribution in [0, 0.1) is 6.92 Å². The van der Waals surface area contributed by atoms with Gasteiger partial charge in [0.25, 0.3) is 5.56 Å². The highest BCUT2D eigenvalue weighted by atomic mass is 31.3. The number of phosphoric ester groups is 1. The number of aromatic nitrogens is 2. The van der Waals surface area contributed by atoms with Gasteiger partial charge in [0.1, 0.15) is 12.3 Å². The number of rotatable bonds is 34. The first kappa shape index (κ1) is 56.1. The van der Waals surface area contributed by atoms with Crippen molar-refractivity contribution in [1.29, 1.82) is 0 Å². The van der Waals surface area contributed by atoms with Gasteiger partial charge < -0.3 is 34.7 Å². The largest absolute Gasteiger partial charge is 0.481 e. The van der Waals surface area contributed by atoms with E-state index in [9.17, 15) is 48.5 Å². The molecule has 17 nitrogen and oxygen atoms in total. The second-order valence-corrected chi connectivity index (χ2v) is 18.8. The fourth-order valence-corrected chi connectivity index (χ4v) is 8.71. The Morgan fingerprint density at radius 2 is 1.20 bits per heavy atom. The monoisotopic (exact) mass is 898 g/mol. The molecule has 350 valence electrons. The van der Waals surface area contributed by atoms with Crippen molar-refractivity contribution < 1.29 is 62.3 Å². The predicted molar refractivity (Wildman–Crippen MR) is 228 cm³/mol. The number of ketones is 2. The van der Waals surface area contributed by atoms with Gasteiger partial charge in [0.05, 0.1) is 19.3 Å². The first-order chi connectivity index (χ1) is 28.4. The second kappa shape index (κ2) is 31.0. The van der Waals surface area contributed by atoms with Gasteiger partial charge in [-0.3, -0.25) is 28.5 Å². The lowest BCUT2D eigenvalue weighted by molar-refractivity contribution is -0.166. The van der Waals surface area contributed by atoms with Gasteiger partial charge in [0, 0.05) is 24.6 Å². The molecule has 60 heavy (non-hydrogen) atoms.